The molecule has 28 heavy (non-hydrogen) atoms. The smallest absolute Gasteiger partial charge is 0.242 e. The number of carbonyl (C=O) groups is 1. The van der Waals surface area contributed by atoms with Gasteiger partial charge in [0.15, 0.2) is 5.13 Å². The Morgan fingerprint density at radius 1 is 1.11 bits per heavy atom. The van der Waals surface area contributed by atoms with Crippen LogP contribution in [0.2, 0.25) is 0 Å². The number of aromatic nitrogens is 3. The Kier molecular flexibility index (Phi) is 5.13. The van der Waals surface area contributed by atoms with Crippen molar-refractivity contribution in [2.24, 2.45) is 0 Å². The minimum atomic E-state index is 0.129. The topological polar surface area (TPSA) is 65.5 Å². The first-order valence-corrected chi connectivity index (χ1v) is 10.2. The molecule has 0 N–H and O–H groups in total. The number of hydrogen-bond acceptors (Lipinski definition) is 7. The number of anilines is 2. The second-order valence-electron chi connectivity index (χ2n) is 7.15. The first-order valence-electron chi connectivity index (χ1n) is 9.40. The lowest BCUT2D eigenvalue weighted by Crippen LogP contribution is -2.51. The molecule has 0 unspecified atom stereocenters. The van der Waals surface area contributed by atoms with Crippen LogP contribution in [0.5, 0.6) is 0 Å². The normalized spacial score (nSPS) is 14.5. The summed E-state index contributed by atoms with van der Waals surface area (Å²) in [6.45, 7) is 7.38. The van der Waals surface area contributed by atoms with E-state index in [9.17, 15) is 4.79 Å². The van der Waals surface area contributed by atoms with Gasteiger partial charge in [-0.05, 0) is 31.0 Å². The van der Waals surface area contributed by atoms with Crippen molar-refractivity contribution in [1.82, 2.24) is 19.9 Å². The molecule has 7 nitrogen and oxygen atoms in total. The van der Waals surface area contributed by atoms with E-state index < -0.39 is 0 Å². The van der Waals surface area contributed by atoms with Crippen LogP contribution < -0.4 is 9.80 Å². The van der Waals surface area contributed by atoms with E-state index >= 15 is 0 Å². The molecule has 8 heteroatoms. The highest BCUT2D eigenvalue weighted by Gasteiger charge is 2.24. The Balaban J connectivity index is 1.39. The molecule has 1 aromatic carbocycles. The van der Waals surface area contributed by atoms with Crippen LogP contribution in [-0.2, 0) is 4.79 Å². The lowest BCUT2D eigenvalue weighted by molar-refractivity contribution is -0.129. The van der Waals surface area contributed by atoms with E-state index in [0.29, 0.717) is 19.6 Å². The third kappa shape index (κ3) is 3.64. The van der Waals surface area contributed by atoms with Gasteiger partial charge in [0, 0.05) is 45.6 Å². The van der Waals surface area contributed by atoms with Crippen molar-refractivity contribution in [2.45, 2.75) is 13.8 Å². The van der Waals surface area contributed by atoms with Gasteiger partial charge in [0.2, 0.25) is 11.9 Å². The standard InChI is InChI=1S/C20H24N6OS/c1-14-5-6-15(2)18-17(14)23-20(28-18)24(3)13-16(27)25-9-11-26(12-10-25)19-21-7-4-8-22-19/h4-8H,9-13H2,1-3H3. The maximum Gasteiger partial charge on any atom is 0.242 e. The van der Waals surface area contributed by atoms with Crippen LogP contribution in [0.4, 0.5) is 11.1 Å². The van der Waals surface area contributed by atoms with Gasteiger partial charge < -0.3 is 14.7 Å². The number of rotatable bonds is 4. The molecule has 0 aliphatic carbocycles. The maximum absolute atomic E-state index is 12.8. The summed E-state index contributed by atoms with van der Waals surface area (Å²) in [5, 5.41) is 0.886. The summed E-state index contributed by atoms with van der Waals surface area (Å²) in [5.74, 6) is 0.857. The van der Waals surface area contributed by atoms with Crippen LogP contribution in [0.25, 0.3) is 10.2 Å². The molecule has 1 aliphatic rings. The van der Waals surface area contributed by atoms with E-state index in [1.165, 1.54) is 15.8 Å². The van der Waals surface area contributed by atoms with Gasteiger partial charge in [-0.25, -0.2) is 15.0 Å². The average molecular weight is 397 g/mol. The van der Waals surface area contributed by atoms with Crippen molar-refractivity contribution in [3.63, 3.8) is 0 Å². The summed E-state index contributed by atoms with van der Waals surface area (Å²) in [6.07, 6.45) is 3.49. The van der Waals surface area contributed by atoms with Crippen LogP contribution in [0.3, 0.4) is 0 Å². The summed E-state index contributed by atoms with van der Waals surface area (Å²) in [5.41, 5.74) is 3.43. The van der Waals surface area contributed by atoms with Crippen molar-refractivity contribution >= 4 is 38.5 Å². The second-order valence-corrected chi connectivity index (χ2v) is 8.12. The van der Waals surface area contributed by atoms with Gasteiger partial charge in [-0.3, -0.25) is 4.79 Å². The van der Waals surface area contributed by atoms with Gasteiger partial charge in [-0.1, -0.05) is 23.5 Å². The molecule has 1 saturated heterocycles. The van der Waals surface area contributed by atoms with E-state index in [1.54, 1.807) is 23.7 Å². The number of hydrogen-bond donors (Lipinski definition) is 0. The van der Waals surface area contributed by atoms with Crippen LogP contribution in [-0.4, -0.2) is 65.5 Å². The number of carbonyl (C=O) groups excluding carboxylic acids is 1. The third-order valence-electron chi connectivity index (χ3n) is 5.10. The molecule has 0 radical (unpaired) electrons. The highest BCUT2D eigenvalue weighted by atomic mass is 32.1. The number of benzene rings is 1. The summed E-state index contributed by atoms with van der Waals surface area (Å²) in [4.78, 5) is 32.1. The average Bonchev–Trinajstić information content (AvgIpc) is 3.19. The van der Waals surface area contributed by atoms with Crippen LogP contribution in [0.15, 0.2) is 30.6 Å². The quantitative estimate of drug-likeness (QED) is 0.675. The Labute approximate surface area is 168 Å². The molecule has 0 spiro atoms. The Hall–Kier alpha value is -2.74. The predicted molar refractivity (Wildman–Crippen MR) is 113 cm³/mol. The van der Waals surface area contributed by atoms with Gasteiger partial charge in [0.25, 0.3) is 0 Å². The molecule has 3 aromatic rings. The minimum absolute atomic E-state index is 0.129. The largest absolute Gasteiger partial charge is 0.342 e. The number of nitrogens with zero attached hydrogens (tertiary/aromatic N) is 6. The monoisotopic (exact) mass is 396 g/mol. The van der Waals surface area contributed by atoms with Gasteiger partial charge in [0.1, 0.15) is 0 Å². The fraction of sp³-hybridized carbons (Fsp3) is 0.400. The van der Waals surface area contributed by atoms with Crippen molar-refractivity contribution in [3.8, 4) is 0 Å². The van der Waals surface area contributed by atoms with Crippen molar-refractivity contribution < 1.29 is 4.79 Å². The number of thiazole rings is 1. The third-order valence-corrected chi connectivity index (χ3v) is 6.40. The summed E-state index contributed by atoms with van der Waals surface area (Å²) in [7, 11) is 1.94. The number of aryl methyl sites for hydroxylation is 2. The molecule has 1 amide bonds. The van der Waals surface area contributed by atoms with Crippen molar-refractivity contribution in [1.29, 1.82) is 0 Å². The molecule has 146 valence electrons. The lowest BCUT2D eigenvalue weighted by Gasteiger charge is -2.35. The molecule has 0 saturated carbocycles. The zero-order valence-electron chi connectivity index (χ0n) is 16.4. The highest BCUT2D eigenvalue weighted by Crippen LogP contribution is 2.32. The van der Waals surface area contributed by atoms with E-state index in [-0.39, 0.29) is 5.91 Å². The molecule has 0 bridgehead atoms. The highest BCUT2D eigenvalue weighted by molar-refractivity contribution is 7.22. The SMILES string of the molecule is Cc1ccc(C)c2sc(N(C)CC(=O)N3CCN(c4ncccn4)CC3)nc12. The summed E-state index contributed by atoms with van der Waals surface area (Å²) >= 11 is 1.65. The lowest BCUT2D eigenvalue weighted by atomic mass is 10.1. The second kappa shape index (κ2) is 7.71. The first-order chi connectivity index (χ1) is 13.5. The van der Waals surface area contributed by atoms with E-state index in [2.05, 4.69) is 40.8 Å². The summed E-state index contributed by atoms with van der Waals surface area (Å²) < 4.78 is 1.20. The van der Waals surface area contributed by atoms with Gasteiger partial charge in [0.05, 0.1) is 16.8 Å². The molecule has 4 rings (SSSR count). The number of likely N-dealkylation sites (N-methyl/N-ethyl adjacent to an activating group) is 1. The Morgan fingerprint density at radius 3 is 2.46 bits per heavy atom. The Morgan fingerprint density at radius 2 is 1.79 bits per heavy atom. The van der Waals surface area contributed by atoms with Gasteiger partial charge in [-0.2, -0.15) is 0 Å². The Bertz CT molecular complexity index is 942. The molecule has 2 aromatic heterocycles. The number of piperazine rings is 1. The maximum atomic E-state index is 12.8. The van der Waals surface area contributed by atoms with Crippen molar-refractivity contribution in [3.05, 3.63) is 41.7 Å². The van der Waals surface area contributed by atoms with Crippen molar-refractivity contribution in [2.75, 3.05) is 49.6 Å². The molecule has 1 fully saturated rings. The fourth-order valence-electron chi connectivity index (χ4n) is 3.39. The molecule has 3 heterocycles. The summed E-state index contributed by atoms with van der Waals surface area (Å²) in [6, 6.07) is 6.03. The van der Waals surface area contributed by atoms with E-state index in [4.69, 9.17) is 4.98 Å². The molecule has 0 atom stereocenters. The molecular weight excluding hydrogens is 372 g/mol. The van der Waals surface area contributed by atoms with E-state index in [0.717, 1.165) is 29.7 Å². The zero-order valence-corrected chi connectivity index (χ0v) is 17.2. The molecular formula is C20H24N6OS. The van der Waals surface area contributed by atoms with Gasteiger partial charge >= 0.3 is 0 Å². The fourth-order valence-corrected chi connectivity index (χ4v) is 4.46. The van der Waals surface area contributed by atoms with Crippen LogP contribution in [0.1, 0.15) is 11.1 Å². The minimum Gasteiger partial charge on any atom is -0.342 e. The predicted octanol–water partition coefficient (Wildman–Crippen LogP) is 2.49. The number of amides is 1. The van der Waals surface area contributed by atoms with Crippen LogP contribution in [0, 0.1) is 13.8 Å². The zero-order chi connectivity index (χ0) is 19.7. The van der Waals surface area contributed by atoms with Gasteiger partial charge in [-0.15, -0.1) is 0 Å². The van der Waals surface area contributed by atoms with Crippen LogP contribution >= 0.6 is 11.3 Å². The first kappa shape index (κ1) is 18.6. The van der Waals surface area contributed by atoms with E-state index in [1.807, 2.05) is 22.9 Å². The molecule has 1 aliphatic heterocycles. The number of fused-ring (bicyclic) bond motifs is 1.